The average Bonchev–Trinajstić information content (AvgIpc) is 2.37. The number of nitrogens with zero attached hydrogens (tertiary/aromatic N) is 1. The minimum absolute atomic E-state index is 0.190. The van der Waals surface area contributed by atoms with Gasteiger partial charge in [0.2, 0.25) is 0 Å². The van der Waals surface area contributed by atoms with Crippen LogP contribution in [0.3, 0.4) is 0 Å². The SMILES string of the molecule is CNCCC(C)Oc1cccc2cccnc12. The first kappa shape index (κ1) is 11.9. The van der Waals surface area contributed by atoms with Gasteiger partial charge in [0.1, 0.15) is 11.3 Å². The highest BCUT2D eigenvalue weighted by Crippen LogP contribution is 2.24. The highest BCUT2D eigenvalue weighted by atomic mass is 16.5. The fourth-order valence-electron chi connectivity index (χ4n) is 1.79. The largest absolute Gasteiger partial charge is 0.488 e. The molecule has 90 valence electrons. The van der Waals surface area contributed by atoms with E-state index in [1.165, 1.54) is 0 Å². The number of rotatable bonds is 5. The number of hydrogen-bond donors (Lipinski definition) is 1. The van der Waals surface area contributed by atoms with Crippen molar-refractivity contribution in [2.45, 2.75) is 19.4 Å². The molecule has 0 amide bonds. The first-order valence-electron chi connectivity index (χ1n) is 5.96. The van der Waals surface area contributed by atoms with E-state index < -0.39 is 0 Å². The van der Waals surface area contributed by atoms with E-state index in [0.29, 0.717) is 0 Å². The zero-order valence-electron chi connectivity index (χ0n) is 10.3. The standard InChI is InChI=1S/C14H18N2O/c1-11(8-10-15-2)17-13-7-3-5-12-6-4-9-16-14(12)13/h3-7,9,11,15H,8,10H2,1-2H3. The Hall–Kier alpha value is -1.61. The van der Waals surface area contributed by atoms with Gasteiger partial charge in [-0.05, 0) is 39.1 Å². The molecule has 3 nitrogen and oxygen atoms in total. The first-order chi connectivity index (χ1) is 8.31. The highest BCUT2D eigenvalue weighted by molar-refractivity contribution is 5.84. The summed E-state index contributed by atoms with van der Waals surface area (Å²) in [4.78, 5) is 4.37. The molecule has 0 aliphatic rings. The van der Waals surface area contributed by atoms with Crippen LogP contribution in [0.1, 0.15) is 13.3 Å². The van der Waals surface area contributed by atoms with E-state index in [-0.39, 0.29) is 6.10 Å². The predicted octanol–water partition coefficient (Wildman–Crippen LogP) is 2.61. The summed E-state index contributed by atoms with van der Waals surface area (Å²) in [7, 11) is 1.95. The third-order valence-electron chi connectivity index (χ3n) is 2.72. The van der Waals surface area contributed by atoms with Crippen LogP contribution in [-0.2, 0) is 0 Å². The number of fused-ring (bicyclic) bond motifs is 1. The van der Waals surface area contributed by atoms with Gasteiger partial charge in [0.05, 0.1) is 6.10 Å². The molecule has 1 aromatic carbocycles. The van der Waals surface area contributed by atoms with E-state index >= 15 is 0 Å². The van der Waals surface area contributed by atoms with E-state index in [1.54, 1.807) is 6.20 Å². The maximum Gasteiger partial charge on any atom is 0.145 e. The number of aromatic nitrogens is 1. The topological polar surface area (TPSA) is 34.1 Å². The number of ether oxygens (including phenoxy) is 1. The van der Waals surface area contributed by atoms with Crippen molar-refractivity contribution >= 4 is 10.9 Å². The summed E-state index contributed by atoms with van der Waals surface area (Å²) < 4.78 is 5.93. The van der Waals surface area contributed by atoms with Gasteiger partial charge in [-0.25, -0.2) is 0 Å². The Morgan fingerprint density at radius 1 is 1.29 bits per heavy atom. The number of nitrogens with one attached hydrogen (secondary N) is 1. The van der Waals surface area contributed by atoms with Crippen molar-refractivity contribution in [2.75, 3.05) is 13.6 Å². The summed E-state index contributed by atoms with van der Waals surface area (Å²) in [5.74, 6) is 0.867. The molecule has 0 spiro atoms. The van der Waals surface area contributed by atoms with Crippen LogP contribution in [0.2, 0.25) is 0 Å². The molecule has 1 aromatic heterocycles. The summed E-state index contributed by atoms with van der Waals surface area (Å²) >= 11 is 0. The summed E-state index contributed by atoms with van der Waals surface area (Å²) in [6.45, 7) is 3.04. The van der Waals surface area contributed by atoms with Crippen LogP contribution in [0.4, 0.5) is 0 Å². The van der Waals surface area contributed by atoms with Crippen LogP contribution >= 0.6 is 0 Å². The van der Waals surface area contributed by atoms with Crippen molar-refractivity contribution in [3.8, 4) is 5.75 Å². The zero-order valence-corrected chi connectivity index (χ0v) is 10.3. The van der Waals surface area contributed by atoms with Crippen molar-refractivity contribution in [1.82, 2.24) is 10.3 Å². The predicted molar refractivity (Wildman–Crippen MR) is 70.4 cm³/mol. The van der Waals surface area contributed by atoms with Gasteiger partial charge in [-0.1, -0.05) is 18.2 Å². The lowest BCUT2D eigenvalue weighted by molar-refractivity contribution is 0.213. The minimum atomic E-state index is 0.190. The van der Waals surface area contributed by atoms with E-state index in [2.05, 4.69) is 17.2 Å². The number of benzene rings is 1. The normalized spacial score (nSPS) is 12.6. The lowest BCUT2D eigenvalue weighted by atomic mass is 10.2. The molecule has 2 rings (SSSR count). The van der Waals surface area contributed by atoms with Crippen LogP contribution in [0.15, 0.2) is 36.5 Å². The fourth-order valence-corrected chi connectivity index (χ4v) is 1.79. The zero-order chi connectivity index (χ0) is 12.1. The van der Waals surface area contributed by atoms with Crippen LogP contribution < -0.4 is 10.1 Å². The highest BCUT2D eigenvalue weighted by Gasteiger charge is 2.07. The first-order valence-corrected chi connectivity index (χ1v) is 5.96. The van der Waals surface area contributed by atoms with Crippen molar-refractivity contribution in [3.05, 3.63) is 36.5 Å². The van der Waals surface area contributed by atoms with Gasteiger partial charge in [0.25, 0.3) is 0 Å². The molecule has 1 unspecified atom stereocenters. The molecular formula is C14H18N2O. The minimum Gasteiger partial charge on any atom is -0.488 e. The van der Waals surface area contributed by atoms with Crippen LogP contribution in [0.5, 0.6) is 5.75 Å². The van der Waals surface area contributed by atoms with E-state index in [0.717, 1.165) is 29.6 Å². The fraction of sp³-hybridized carbons (Fsp3) is 0.357. The molecule has 0 aliphatic heterocycles. The number of pyridine rings is 1. The Morgan fingerprint density at radius 2 is 2.12 bits per heavy atom. The molecule has 0 fully saturated rings. The second-order valence-electron chi connectivity index (χ2n) is 4.15. The van der Waals surface area contributed by atoms with Crippen molar-refractivity contribution in [3.63, 3.8) is 0 Å². The van der Waals surface area contributed by atoms with Crippen LogP contribution in [0.25, 0.3) is 10.9 Å². The molecule has 2 aromatic rings. The molecular weight excluding hydrogens is 212 g/mol. The summed E-state index contributed by atoms with van der Waals surface area (Å²) in [5, 5.41) is 4.24. The molecule has 1 N–H and O–H groups in total. The van der Waals surface area contributed by atoms with Gasteiger partial charge < -0.3 is 10.1 Å². The Labute approximate surface area is 102 Å². The average molecular weight is 230 g/mol. The lowest BCUT2D eigenvalue weighted by Gasteiger charge is -2.15. The Bertz CT molecular complexity index is 479. The van der Waals surface area contributed by atoms with Gasteiger partial charge in [-0.3, -0.25) is 4.98 Å². The van der Waals surface area contributed by atoms with E-state index in [4.69, 9.17) is 4.74 Å². The maximum absolute atomic E-state index is 5.93. The Kier molecular flexibility index (Phi) is 3.94. The second-order valence-corrected chi connectivity index (χ2v) is 4.15. The summed E-state index contributed by atoms with van der Waals surface area (Å²) in [6.07, 6.45) is 2.97. The second kappa shape index (κ2) is 5.64. The number of para-hydroxylation sites is 1. The summed E-state index contributed by atoms with van der Waals surface area (Å²) in [5.41, 5.74) is 0.936. The quantitative estimate of drug-likeness (QED) is 0.857. The molecule has 17 heavy (non-hydrogen) atoms. The molecule has 0 radical (unpaired) electrons. The maximum atomic E-state index is 5.93. The number of hydrogen-bond acceptors (Lipinski definition) is 3. The molecule has 0 bridgehead atoms. The molecule has 0 saturated carbocycles. The third-order valence-corrected chi connectivity index (χ3v) is 2.72. The molecule has 0 saturated heterocycles. The van der Waals surface area contributed by atoms with Crippen LogP contribution in [-0.4, -0.2) is 24.7 Å². The van der Waals surface area contributed by atoms with Gasteiger partial charge in [-0.15, -0.1) is 0 Å². The molecule has 3 heteroatoms. The Morgan fingerprint density at radius 3 is 2.94 bits per heavy atom. The van der Waals surface area contributed by atoms with Crippen molar-refractivity contribution in [2.24, 2.45) is 0 Å². The molecule has 1 atom stereocenters. The van der Waals surface area contributed by atoms with E-state index in [1.807, 2.05) is 37.4 Å². The van der Waals surface area contributed by atoms with Gasteiger partial charge in [-0.2, -0.15) is 0 Å². The summed E-state index contributed by atoms with van der Waals surface area (Å²) in [6, 6.07) is 10.0. The van der Waals surface area contributed by atoms with Crippen molar-refractivity contribution in [1.29, 1.82) is 0 Å². The Balaban J connectivity index is 2.18. The molecule has 0 aliphatic carbocycles. The van der Waals surface area contributed by atoms with E-state index in [9.17, 15) is 0 Å². The van der Waals surface area contributed by atoms with Gasteiger partial charge in [0, 0.05) is 11.6 Å². The van der Waals surface area contributed by atoms with Gasteiger partial charge >= 0.3 is 0 Å². The lowest BCUT2D eigenvalue weighted by Crippen LogP contribution is -2.19. The van der Waals surface area contributed by atoms with Crippen molar-refractivity contribution < 1.29 is 4.74 Å². The third kappa shape index (κ3) is 2.94. The smallest absolute Gasteiger partial charge is 0.145 e. The monoisotopic (exact) mass is 230 g/mol. The van der Waals surface area contributed by atoms with Gasteiger partial charge in [0.15, 0.2) is 0 Å². The molecule has 1 heterocycles. The van der Waals surface area contributed by atoms with Crippen LogP contribution in [0, 0.1) is 0 Å².